The molecule has 0 aliphatic rings. The van der Waals surface area contributed by atoms with Crippen LogP contribution in [0.1, 0.15) is 12.5 Å². The van der Waals surface area contributed by atoms with E-state index in [9.17, 15) is 0 Å². The molecular weight excluding hydrogens is 236 g/mol. The number of halogens is 1. The third kappa shape index (κ3) is 1.15. The average molecular weight is 243 g/mol. The fraction of sp³-hybridized carbons (Fsp3) is 0.250. The van der Waals surface area contributed by atoms with Crippen LogP contribution in [0.15, 0.2) is 16.3 Å². The summed E-state index contributed by atoms with van der Waals surface area (Å²) in [6.45, 7) is 2.14. The van der Waals surface area contributed by atoms with Crippen LogP contribution in [0.4, 0.5) is 0 Å². The van der Waals surface area contributed by atoms with Crippen LogP contribution in [-0.2, 0) is 6.42 Å². The van der Waals surface area contributed by atoms with Crippen molar-refractivity contribution in [2.24, 2.45) is 0 Å². The second kappa shape index (κ2) is 3.11. The second-order valence-electron chi connectivity index (χ2n) is 2.45. The fourth-order valence-electron chi connectivity index (χ4n) is 1.19. The zero-order valence-electron chi connectivity index (χ0n) is 6.54. The zero-order chi connectivity index (χ0) is 8.55. The zero-order valence-corrected chi connectivity index (χ0v) is 8.94. The quantitative estimate of drug-likeness (QED) is 0.769. The molecule has 12 heavy (non-hydrogen) atoms. The minimum Gasteiger partial charge on any atom is -0.244 e. The Balaban J connectivity index is 2.81. The fourth-order valence-corrected chi connectivity index (χ4v) is 3.08. The number of hydrogen-bond acceptors (Lipinski definition) is 3. The molecule has 0 aliphatic heterocycles. The molecule has 0 saturated carbocycles. The minimum absolute atomic E-state index is 1.02. The first-order chi connectivity index (χ1) is 5.83. The highest BCUT2D eigenvalue weighted by atomic mass is 79.9. The van der Waals surface area contributed by atoms with Gasteiger partial charge < -0.3 is 0 Å². The molecule has 2 heterocycles. The molecule has 0 radical (unpaired) electrons. The van der Waals surface area contributed by atoms with Gasteiger partial charge in [0.25, 0.3) is 0 Å². The summed E-state index contributed by atoms with van der Waals surface area (Å²) in [5.74, 6) is 0. The van der Waals surface area contributed by atoms with E-state index >= 15 is 0 Å². The van der Waals surface area contributed by atoms with Gasteiger partial charge >= 0.3 is 0 Å². The Morgan fingerprint density at radius 1 is 1.58 bits per heavy atom. The van der Waals surface area contributed by atoms with E-state index in [-0.39, 0.29) is 0 Å². The molecule has 2 nitrogen and oxygen atoms in total. The molecule has 4 heteroatoms. The topological polar surface area (TPSA) is 25.8 Å². The van der Waals surface area contributed by atoms with Gasteiger partial charge in [0.15, 0.2) is 0 Å². The number of hydrogen-bond donors (Lipinski definition) is 0. The molecule has 0 N–H and O–H groups in total. The molecule has 0 aliphatic carbocycles. The van der Waals surface area contributed by atoms with Crippen LogP contribution in [-0.4, -0.2) is 9.97 Å². The van der Waals surface area contributed by atoms with E-state index < -0.39 is 0 Å². The highest BCUT2D eigenvalue weighted by Crippen LogP contribution is 2.33. The van der Waals surface area contributed by atoms with Gasteiger partial charge in [-0.3, -0.25) is 0 Å². The van der Waals surface area contributed by atoms with Crippen molar-refractivity contribution in [2.75, 3.05) is 0 Å². The number of rotatable bonds is 1. The maximum Gasteiger partial charge on any atom is 0.128 e. The molecule has 0 unspecified atom stereocenters. The molecular formula is C8H7BrN2S. The van der Waals surface area contributed by atoms with E-state index in [2.05, 4.69) is 32.8 Å². The highest BCUT2D eigenvalue weighted by molar-refractivity contribution is 9.11. The Labute approximate surface area is 82.8 Å². The Kier molecular flexibility index (Phi) is 2.11. The second-order valence-corrected chi connectivity index (χ2v) is 4.77. The molecule has 0 spiro atoms. The van der Waals surface area contributed by atoms with Crippen LogP contribution >= 0.6 is 27.3 Å². The van der Waals surface area contributed by atoms with Gasteiger partial charge in [0.05, 0.1) is 3.79 Å². The van der Waals surface area contributed by atoms with Crippen molar-refractivity contribution in [2.45, 2.75) is 13.3 Å². The van der Waals surface area contributed by atoms with Crippen LogP contribution in [0.25, 0.3) is 10.2 Å². The Morgan fingerprint density at radius 3 is 3.17 bits per heavy atom. The molecule has 0 aromatic carbocycles. The standard InChI is InChI=1S/C8H7BrN2S/c1-2-5-6-3-10-4-11-8(6)12-7(5)9/h3-4H,2H2,1H3. The summed E-state index contributed by atoms with van der Waals surface area (Å²) in [4.78, 5) is 9.26. The lowest BCUT2D eigenvalue weighted by Gasteiger charge is -1.91. The number of aryl methyl sites for hydroxylation is 1. The molecule has 0 amide bonds. The van der Waals surface area contributed by atoms with Crippen LogP contribution in [0.3, 0.4) is 0 Å². The first kappa shape index (κ1) is 8.13. The smallest absolute Gasteiger partial charge is 0.128 e. The summed E-state index contributed by atoms with van der Waals surface area (Å²) in [5.41, 5.74) is 1.32. The van der Waals surface area contributed by atoms with Crippen molar-refractivity contribution < 1.29 is 0 Å². The maximum absolute atomic E-state index is 4.19. The first-order valence-corrected chi connectivity index (χ1v) is 5.30. The molecule has 62 valence electrons. The average Bonchev–Trinajstić information content (AvgIpc) is 2.40. The van der Waals surface area contributed by atoms with E-state index in [1.54, 1.807) is 17.7 Å². The Morgan fingerprint density at radius 2 is 2.42 bits per heavy atom. The van der Waals surface area contributed by atoms with Gasteiger partial charge in [0.1, 0.15) is 11.2 Å². The van der Waals surface area contributed by atoms with Crippen molar-refractivity contribution in [1.29, 1.82) is 0 Å². The molecule has 0 saturated heterocycles. The lowest BCUT2D eigenvalue weighted by molar-refractivity contribution is 1.15. The predicted octanol–water partition coefficient (Wildman–Crippen LogP) is 3.02. The number of nitrogens with zero attached hydrogens (tertiary/aromatic N) is 2. The third-order valence-electron chi connectivity index (χ3n) is 1.78. The Bertz CT molecular complexity index is 410. The van der Waals surface area contributed by atoms with Gasteiger partial charge in [0, 0.05) is 11.6 Å². The monoisotopic (exact) mass is 242 g/mol. The lowest BCUT2D eigenvalue weighted by Crippen LogP contribution is -1.79. The molecule has 2 aromatic heterocycles. The van der Waals surface area contributed by atoms with Gasteiger partial charge in [0.2, 0.25) is 0 Å². The minimum atomic E-state index is 1.02. The third-order valence-corrected chi connectivity index (χ3v) is 3.69. The van der Waals surface area contributed by atoms with Crippen LogP contribution < -0.4 is 0 Å². The van der Waals surface area contributed by atoms with Crippen molar-refractivity contribution in [1.82, 2.24) is 9.97 Å². The molecule has 0 atom stereocenters. The SMILES string of the molecule is CCc1c(Br)sc2ncncc12. The molecule has 2 aromatic rings. The van der Waals surface area contributed by atoms with E-state index in [1.165, 1.54) is 14.7 Å². The van der Waals surface area contributed by atoms with Gasteiger partial charge in [-0.05, 0) is 27.9 Å². The van der Waals surface area contributed by atoms with Crippen molar-refractivity contribution in [3.63, 3.8) is 0 Å². The number of fused-ring (bicyclic) bond motifs is 1. The highest BCUT2D eigenvalue weighted by Gasteiger charge is 2.08. The summed E-state index contributed by atoms with van der Waals surface area (Å²) < 4.78 is 1.18. The molecule has 2 rings (SSSR count). The van der Waals surface area contributed by atoms with Crippen LogP contribution in [0.2, 0.25) is 0 Å². The van der Waals surface area contributed by atoms with Crippen molar-refractivity contribution >= 4 is 37.5 Å². The number of aromatic nitrogens is 2. The summed E-state index contributed by atoms with van der Waals surface area (Å²) >= 11 is 5.19. The van der Waals surface area contributed by atoms with Gasteiger partial charge in [-0.15, -0.1) is 11.3 Å². The molecule has 0 bridgehead atoms. The van der Waals surface area contributed by atoms with Crippen molar-refractivity contribution in [3.05, 3.63) is 21.9 Å². The van der Waals surface area contributed by atoms with Crippen LogP contribution in [0.5, 0.6) is 0 Å². The normalized spacial score (nSPS) is 10.8. The van der Waals surface area contributed by atoms with Crippen molar-refractivity contribution in [3.8, 4) is 0 Å². The Hall–Kier alpha value is -0.480. The maximum atomic E-state index is 4.19. The lowest BCUT2D eigenvalue weighted by atomic mass is 10.2. The van der Waals surface area contributed by atoms with E-state index in [1.807, 2.05) is 6.20 Å². The van der Waals surface area contributed by atoms with Gasteiger partial charge in [-0.1, -0.05) is 6.92 Å². The summed E-state index contributed by atoms with van der Waals surface area (Å²) in [6.07, 6.45) is 4.49. The van der Waals surface area contributed by atoms with E-state index in [4.69, 9.17) is 0 Å². The van der Waals surface area contributed by atoms with Crippen LogP contribution in [0, 0.1) is 0 Å². The molecule has 0 fully saturated rings. The van der Waals surface area contributed by atoms with Gasteiger partial charge in [-0.2, -0.15) is 0 Å². The summed E-state index contributed by atoms with van der Waals surface area (Å²) in [6, 6.07) is 0. The summed E-state index contributed by atoms with van der Waals surface area (Å²) in [7, 11) is 0. The first-order valence-electron chi connectivity index (χ1n) is 3.69. The van der Waals surface area contributed by atoms with E-state index in [0.29, 0.717) is 0 Å². The summed E-state index contributed by atoms with van der Waals surface area (Å²) in [5, 5.41) is 1.18. The van der Waals surface area contributed by atoms with Gasteiger partial charge in [-0.25, -0.2) is 9.97 Å². The van der Waals surface area contributed by atoms with E-state index in [0.717, 1.165) is 11.3 Å². The number of thiophene rings is 1. The largest absolute Gasteiger partial charge is 0.244 e. The predicted molar refractivity (Wildman–Crippen MR) is 54.5 cm³/mol.